The molecular formula is C18H24N2O6S. The molecule has 1 aromatic carbocycles. The number of ether oxygens (including phenoxy) is 1. The molecule has 8 nitrogen and oxygen atoms in total. The Kier molecular flexibility index (Phi) is 5.43. The summed E-state index contributed by atoms with van der Waals surface area (Å²) in [5, 5.41) is 9.61. The van der Waals surface area contributed by atoms with Gasteiger partial charge in [0.15, 0.2) is 0 Å². The molecular weight excluding hydrogens is 372 g/mol. The molecule has 0 spiro atoms. The van der Waals surface area contributed by atoms with Crippen molar-refractivity contribution in [1.29, 1.82) is 0 Å². The lowest BCUT2D eigenvalue weighted by atomic mass is 9.84. The Hall–Kier alpha value is -2.13. The number of carboxylic acids is 1. The molecule has 0 bridgehead atoms. The Morgan fingerprint density at radius 2 is 1.96 bits per heavy atom. The summed E-state index contributed by atoms with van der Waals surface area (Å²) in [6.07, 6.45) is 4.14. The van der Waals surface area contributed by atoms with Gasteiger partial charge >= 0.3 is 5.97 Å². The lowest BCUT2D eigenvalue weighted by Crippen LogP contribution is -2.46. The van der Waals surface area contributed by atoms with Gasteiger partial charge in [0.1, 0.15) is 16.7 Å². The van der Waals surface area contributed by atoms with E-state index in [1.165, 1.54) is 37.3 Å². The van der Waals surface area contributed by atoms with E-state index in [1.54, 1.807) is 0 Å². The maximum Gasteiger partial charge on any atom is 0.326 e. The van der Waals surface area contributed by atoms with Gasteiger partial charge in [-0.1, -0.05) is 12.8 Å². The van der Waals surface area contributed by atoms with Crippen molar-refractivity contribution in [1.82, 2.24) is 9.62 Å². The summed E-state index contributed by atoms with van der Waals surface area (Å²) >= 11 is 0. The molecule has 9 heteroatoms. The fourth-order valence-corrected chi connectivity index (χ4v) is 5.17. The van der Waals surface area contributed by atoms with E-state index < -0.39 is 27.9 Å². The van der Waals surface area contributed by atoms with Crippen molar-refractivity contribution < 1.29 is 27.9 Å². The number of carboxylic acid groups (broad SMARTS) is 1. The molecule has 1 aliphatic carbocycles. The third-order valence-electron chi connectivity index (χ3n) is 5.58. The molecule has 1 saturated heterocycles. The highest BCUT2D eigenvalue weighted by Gasteiger charge is 2.47. The van der Waals surface area contributed by atoms with E-state index in [2.05, 4.69) is 4.72 Å². The second-order valence-corrected chi connectivity index (χ2v) is 8.84. The summed E-state index contributed by atoms with van der Waals surface area (Å²) in [5.74, 6) is -1.17. The van der Waals surface area contributed by atoms with Crippen LogP contribution in [0.25, 0.3) is 0 Å². The zero-order chi connectivity index (χ0) is 19.8. The van der Waals surface area contributed by atoms with Crippen molar-refractivity contribution in [3.05, 3.63) is 23.8 Å². The molecule has 2 aliphatic rings. The molecule has 27 heavy (non-hydrogen) atoms. The molecule has 1 heterocycles. The number of nitrogens with zero attached hydrogens (tertiary/aromatic N) is 1. The molecule has 3 atom stereocenters. The van der Waals surface area contributed by atoms with Gasteiger partial charge in [-0.05, 0) is 50.4 Å². The van der Waals surface area contributed by atoms with Gasteiger partial charge in [-0.25, -0.2) is 17.9 Å². The van der Waals surface area contributed by atoms with Crippen LogP contribution in [-0.2, 0) is 14.8 Å². The van der Waals surface area contributed by atoms with E-state index in [4.69, 9.17) is 4.74 Å². The summed E-state index contributed by atoms with van der Waals surface area (Å²) in [7, 11) is -1.21. The summed E-state index contributed by atoms with van der Waals surface area (Å²) in [5.41, 5.74) is 0.141. The molecule has 1 saturated carbocycles. The van der Waals surface area contributed by atoms with Gasteiger partial charge in [0.05, 0.1) is 7.11 Å². The minimum Gasteiger partial charge on any atom is -0.495 e. The standard InChI is InChI=1S/C18H24N2O6S/c1-19-27(24,25)16-10-12(7-8-15(16)26-2)17(21)20-13-6-4-3-5-11(13)9-14(20)18(22)23/h7-8,10-11,13-14,19H,3-6,9H2,1-2H3,(H,22,23). The first kappa shape index (κ1) is 19.6. The van der Waals surface area contributed by atoms with Crippen molar-refractivity contribution in [2.24, 2.45) is 5.92 Å². The van der Waals surface area contributed by atoms with Crippen LogP contribution in [0.4, 0.5) is 0 Å². The SMILES string of the molecule is CNS(=O)(=O)c1cc(C(=O)N2C(C(=O)O)CC3CCCCC32)ccc1OC. The minimum absolute atomic E-state index is 0.112. The largest absolute Gasteiger partial charge is 0.495 e. The lowest BCUT2D eigenvalue weighted by molar-refractivity contribution is -0.141. The molecule has 3 rings (SSSR count). The third kappa shape index (κ3) is 3.53. The van der Waals surface area contributed by atoms with E-state index in [-0.39, 0.29) is 28.2 Å². The number of sulfonamides is 1. The summed E-state index contributed by atoms with van der Waals surface area (Å²) in [6.45, 7) is 0. The number of carbonyl (C=O) groups is 2. The second kappa shape index (κ2) is 7.47. The molecule has 2 N–H and O–H groups in total. The molecule has 3 unspecified atom stereocenters. The molecule has 1 aromatic rings. The van der Waals surface area contributed by atoms with E-state index in [9.17, 15) is 23.1 Å². The summed E-state index contributed by atoms with van der Waals surface area (Å²) in [6, 6.07) is 3.16. The zero-order valence-corrected chi connectivity index (χ0v) is 16.2. The van der Waals surface area contributed by atoms with Crippen molar-refractivity contribution in [2.45, 2.75) is 49.1 Å². The summed E-state index contributed by atoms with van der Waals surface area (Å²) < 4.78 is 31.8. The summed E-state index contributed by atoms with van der Waals surface area (Å²) in [4.78, 5) is 26.2. The number of hydrogen-bond donors (Lipinski definition) is 2. The van der Waals surface area contributed by atoms with Crippen LogP contribution in [-0.4, -0.2) is 56.5 Å². The topological polar surface area (TPSA) is 113 Å². The number of fused-ring (bicyclic) bond motifs is 1. The number of carbonyl (C=O) groups excluding carboxylic acids is 1. The highest BCUT2D eigenvalue weighted by Crippen LogP contribution is 2.41. The van der Waals surface area contributed by atoms with Gasteiger partial charge in [0.25, 0.3) is 5.91 Å². The molecule has 0 aromatic heterocycles. The number of amides is 1. The molecule has 148 valence electrons. The highest BCUT2D eigenvalue weighted by molar-refractivity contribution is 7.89. The number of rotatable bonds is 5. The van der Waals surface area contributed by atoms with Crippen LogP contribution in [0.1, 0.15) is 42.5 Å². The quantitative estimate of drug-likeness (QED) is 0.779. The van der Waals surface area contributed by atoms with Crippen LogP contribution >= 0.6 is 0 Å². The molecule has 1 aliphatic heterocycles. The van der Waals surface area contributed by atoms with Crippen LogP contribution in [0.2, 0.25) is 0 Å². The van der Waals surface area contributed by atoms with Crippen molar-refractivity contribution in [3.8, 4) is 5.75 Å². The van der Waals surface area contributed by atoms with Crippen molar-refractivity contribution >= 4 is 21.9 Å². The first-order valence-corrected chi connectivity index (χ1v) is 10.5. The van der Waals surface area contributed by atoms with Crippen LogP contribution < -0.4 is 9.46 Å². The van der Waals surface area contributed by atoms with Gasteiger partial charge in [0.2, 0.25) is 10.0 Å². The number of nitrogens with one attached hydrogen (secondary N) is 1. The number of benzene rings is 1. The van der Waals surface area contributed by atoms with Crippen molar-refractivity contribution in [3.63, 3.8) is 0 Å². The minimum atomic E-state index is -3.84. The maximum absolute atomic E-state index is 13.2. The third-order valence-corrected chi connectivity index (χ3v) is 7.01. The number of likely N-dealkylation sites (tertiary alicyclic amines) is 1. The van der Waals surface area contributed by atoms with Gasteiger partial charge < -0.3 is 14.7 Å². The number of methoxy groups -OCH3 is 1. The van der Waals surface area contributed by atoms with Crippen LogP contribution in [0, 0.1) is 5.92 Å². The zero-order valence-electron chi connectivity index (χ0n) is 15.3. The Morgan fingerprint density at radius 1 is 1.26 bits per heavy atom. The lowest BCUT2D eigenvalue weighted by Gasteiger charge is -2.33. The predicted molar refractivity (Wildman–Crippen MR) is 97.2 cm³/mol. The van der Waals surface area contributed by atoms with Gasteiger partial charge in [-0.3, -0.25) is 4.79 Å². The fraction of sp³-hybridized carbons (Fsp3) is 0.556. The van der Waals surface area contributed by atoms with Gasteiger partial charge in [0, 0.05) is 11.6 Å². The van der Waals surface area contributed by atoms with E-state index in [0.29, 0.717) is 6.42 Å². The molecule has 2 fully saturated rings. The average Bonchev–Trinajstić information content (AvgIpc) is 3.06. The van der Waals surface area contributed by atoms with Crippen LogP contribution in [0.3, 0.4) is 0 Å². The Balaban J connectivity index is 2.01. The first-order valence-electron chi connectivity index (χ1n) is 8.97. The number of hydrogen-bond acceptors (Lipinski definition) is 5. The number of aliphatic carboxylic acids is 1. The molecule has 0 radical (unpaired) electrons. The highest BCUT2D eigenvalue weighted by atomic mass is 32.2. The normalized spacial score (nSPS) is 25.1. The monoisotopic (exact) mass is 396 g/mol. The van der Waals surface area contributed by atoms with Gasteiger partial charge in [-0.15, -0.1) is 0 Å². The smallest absolute Gasteiger partial charge is 0.326 e. The van der Waals surface area contributed by atoms with Crippen LogP contribution in [0.15, 0.2) is 23.1 Å². The average molecular weight is 396 g/mol. The second-order valence-electron chi connectivity index (χ2n) is 6.99. The van der Waals surface area contributed by atoms with E-state index in [1.807, 2.05) is 0 Å². The molecule has 1 amide bonds. The van der Waals surface area contributed by atoms with Gasteiger partial charge in [-0.2, -0.15) is 0 Å². The first-order chi connectivity index (χ1) is 12.8. The van der Waals surface area contributed by atoms with E-state index >= 15 is 0 Å². The van der Waals surface area contributed by atoms with E-state index in [0.717, 1.165) is 25.7 Å². The Labute approximate surface area is 158 Å². The van der Waals surface area contributed by atoms with Crippen molar-refractivity contribution in [2.75, 3.05) is 14.2 Å². The Bertz CT molecular complexity index is 853. The van der Waals surface area contributed by atoms with Crippen LogP contribution in [0.5, 0.6) is 5.75 Å². The predicted octanol–water partition coefficient (Wildman–Crippen LogP) is 1.46. The maximum atomic E-state index is 13.2. The Morgan fingerprint density at radius 3 is 2.59 bits per heavy atom. The fourth-order valence-electron chi connectivity index (χ4n) is 4.25.